The molecule has 0 N–H and O–H groups in total. The molecule has 3 rings (SSSR count). The molecule has 0 saturated heterocycles. The Morgan fingerprint density at radius 3 is 2.67 bits per heavy atom. The molecule has 1 heterocycles. The zero-order valence-electron chi connectivity index (χ0n) is 14.1. The predicted octanol–water partition coefficient (Wildman–Crippen LogP) is 4.19. The van der Waals surface area contributed by atoms with Gasteiger partial charge >= 0.3 is 0 Å². The molecule has 0 bridgehead atoms. The molecule has 0 saturated carbocycles. The molecule has 122 valence electrons. The lowest BCUT2D eigenvalue weighted by molar-refractivity contribution is 0.558. The summed E-state index contributed by atoms with van der Waals surface area (Å²) >= 11 is 0. The molecule has 0 amide bonds. The van der Waals surface area contributed by atoms with Gasteiger partial charge in [0.05, 0.1) is 6.34 Å². The lowest BCUT2D eigenvalue weighted by Gasteiger charge is -2.32. The maximum absolute atomic E-state index is 4.09. The molecule has 3 nitrogen and oxygen atoms in total. The highest BCUT2D eigenvalue weighted by molar-refractivity contribution is 5.74. The summed E-state index contributed by atoms with van der Waals surface area (Å²) in [7, 11) is 2.04. The number of anilines is 1. The highest BCUT2D eigenvalue weighted by atomic mass is 15.2. The molecule has 0 unspecified atom stereocenters. The Bertz CT molecular complexity index is 747. The van der Waals surface area contributed by atoms with Gasteiger partial charge in [0.2, 0.25) is 0 Å². The highest BCUT2D eigenvalue weighted by Crippen LogP contribution is 2.29. The van der Waals surface area contributed by atoms with Crippen molar-refractivity contribution in [3.05, 3.63) is 84.1 Å². The second kappa shape index (κ2) is 7.64. The first-order valence-corrected chi connectivity index (χ1v) is 8.18. The van der Waals surface area contributed by atoms with Gasteiger partial charge in [-0.15, -0.1) is 0 Å². The van der Waals surface area contributed by atoms with Crippen LogP contribution < -0.4 is 4.90 Å². The molecular weight excluding hydrogens is 294 g/mol. The lowest BCUT2D eigenvalue weighted by atomic mass is 10.0. The van der Waals surface area contributed by atoms with Gasteiger partial charge in [-0.2, -0.15) is 0 Å². The molecule has 0 spiro atoms. The maximum Gasteiger partial charge on any atom is 0.0904 e. The van der Waals surface area contributed by atoms with E-state index in [1.807, 2.05) is 13.4 Å². The van der Waals surface area contributed by atoms with Crippen molar-refractivity contribution in [3.8, 4) is 0 Å². The van der Waals surface area contributed by atoms with Crippen LogP contribution in [0.2, 0.25) is 0 Å². The average Bonchev–Trinajstić information content (AvgIpc) is 2.61. The molecule has 0 fully saturated rings. The molecule has 0 aliphatic carbocycles. The van der Waals surface area contributed by atoms with Gasteiger partial charge in [0, 0.05) is 38.6 Å². The molecule has 0 radical (unpaired) electrons. The van der Waals surface area contributed by atoms with Gasteiger partial charge in [-0.3, -0.25) is 0 Å². The van der Waals surface area contributed by atoms with Crippen LogP contribution in [0.5, 0.6) is 0 Å². The second-order valence-electron chi connectivity index (χ2n) is 6.07. The van der Waals surface area contributed by atoms with E-state index >= 15 is 0 Å². The number of fused-ring (bicyclic) bond motifs is 1. The quantitative estimate of drug-likeness (QED) is 0.587. The summed E-state index contributed by atoms with van der Waals surface area (Å²) in [6.45, 7) is 6.32. The first-order valence-electron chi connectivity index (χ1n) is 8.18. The van der Waals surface area contributed by atoms with Crippen molar-refractivity contribution in [2.24, 2.45) is 4.99 Å². The molecule has 2 aromatic carbocycles. The summed E-state index contributed by atoms with van der Waals surface area (Å²) in [5, 5.41) is 0. The van der Waals surface area contributed by atoms with Crippen LogP contribution in [0.1, 0.15) is 11.1 Å². The number of hydrogen-bond donors (Lipinski definition) is 0. The molecule has 0 aromatic heterocycles. The van der Waals surface area contributed by atoms with Gasteiger partial charge in [0.1, 0.15) is 0 Å². The van der Waals surface area contributed by atoms with Crippen LogP contribution in [0.3, 0.4) is 0 Å². The molecular formula is C21H23N3. The van der Waals surface area contributed by atoms with Gasteiger partial charge in [-0.05, 0) is 22.8 Å². The summed E-state index contributed by atoms with van der Waals surface area (Å²) in [5.74, 6) is 0. The van der Waals surface area contributed by atoms with Crippen molar-refractivity contribution < 1.29 is 0 Å². The Labute approximate surface area is 144 Å². The van der Waals surface area contributed by atoms with Crippen LogP contribution >= 0.6 is 0 Å². The fourth-order valence-electron chi connectivity index (χ4n) is 3.06. The zero-order chi connectivity index (χ0) is 16.8. The van der Waals surface area contributed by atoms with Crippen LogP contribution in [0.4, 0.5) is 5.69 Å². The fourth-order valence-corrected chi connectivity index (χ4v) is 3.06. The van der Waals surface area contributed by atoms with Gasteiger partial charge in [-0.25, -0.2) is 4.99 Å². The van der Waals surface area contributed by atoms with Crippen molar-refractivity contribution in [2.75, 3.05) is 25.0 Å². The summed E-state index contributed by atoms with van der Waals surface area (Å²) in [4.78, 5) is 8.62. The van der Waals surface area contributed by atoms with Gasteiger partial charge < -0.3 is 9.80 Å². The number of nitrogens with zero attached hydrogens (tertiary/aromatic N) is 3. The van der Waals surface area contributed by atoms with Crippen LogP contribution in [0.25, 0.3) is 6.08 Å². The van der Waals surface area contributed by atoms with E-state index in [4.69, 9.17) is 0 Å². The molecule has 24 heavy (non-hydrogen) atoms. The number of aliphatic imine (C=N–C) groups is 1. The van der Waals surface area contributed by atoms with Crippen LogP contribution in [0, 0.1) is 0 Å². The minimum atomic E-state index is 0.858. The summed E-state index contributed by atoms with van der Waals surface area (Å²) in [6.07, 6.45) is 5.67. The molecule has 3 heteroatoms. The van der Waals surface area contributed by atoms with Crippen molar-refractivity contribution in [3.63, 3.8) is 0 Å². The largest absolute Gasteiger partial charge is 0.363 e. The van der Waals surface area contributed by atoms with E-state index in [1.54, 1.807) is 6.20 Å². The minimum absolute atomic E-state index is 0.858. The van der Waals surface area contributed by atoms with Crippen molar-refractivity contribution in [1.29, 1.82) is 0 Å². The van der Waals surface area contributed by atoms with Crippen LogP contribution in [0.15, 0.2) is 77.9 Å². The highest BCUT2D eigenvalue weighted by Gasteiger charge is 2.18. The summed E-state index contributed by atoms with van der Waals surface area (Å²) < 4.78 is 0. The third-order valence-electron chi connectivity index (χ3n) is 4.07. The standard InChI is InChI=1S/C21H23N3/c1-3-22-17-23(2)14-19-13-20-11-7-8-12-21(20)24(16-19)15-18-9-5-4-6-10-18/h3-13,17H,1,14-16H2,2H3. The minimum Gasteiger partial charge on any atom is -0.363 e. The molecule has 1 aliphatic rings. The van der Waals surface area contributed by atoms with Crippen LogP contribution in [-0.4, -0.2) is 31.4 Å². The van der Waals surface area contributed by atoms with E-state index in [0.29, 0.717) is 0 Å². The normalized spacial score (nSPS) is 13.5. The monoisotopic (exact) mass is 317 g/mol. The third-order valence-corrected chi connectivity index (χ3v) is 4.07. The smallest absolute Gasteiger partial charge is 0.0904 e. The Kier molecular flexibility index (Phi) is 5.12. The number of rotatable bonds is 6. The number of likely N-dealkylation sites (N-methyl/N-ethyl adjacent to an activating group) is 1. The number of para-hydroxylation sites is 1. The number of benzene rings is 2. The Hall–Kier alpha value is -2.81. The lowest BCUT2D eigenvalue weighted by Crippen LogP contribution is -2.32. The van der Waals surface area contributed by atoms with Gasteiger partial charge in [0.25, 0.3) is 0 Å². The van der Waals surface area contributed by atoms with Crippen molar-refractivity contribution >= 4 is 18.1 Å². The SMILES string of the molecule is C=CN=CN(C)CC1=Cc2ccccc2N(Cc2ccccc2)C1. The Balaban J connectivity index is 1.82. The summed E-state index contributed by atoms with van der Waals surface area (Å²) in [6, 6.07) is 19.2. The fraction of sp³-hybridized carbons (Fsp3) is 0.190. The summed E-state index contributed by atoms with van der Waals surface area (Å²) in [5.41, 5.74) is 5.29. The molecule has 1 aliphatic heterocycles. The van der Waals surface area contributed by atoms with E-state index in [-0.39, 0.29) is 0 Å². The van der Waals surface area contributed by atoms with Crippen LogP contribution in [-0.2, 0) is 6.54 Å². The van der Waals surface area contributed by atoms with Gasteiger partial charge in [-0.1, -0.05) is 61.2 Å². The van der Waals surface area contributed by atoms with Crippen molar-refractivity contribution in [1.82, 2.24) is 4.90 Å². The van der Waals surface area contributed by atoms with Crippen molar-refractivity contribution in [2.45, 2.75) is 6.54 Å². The topological polar surface area (TPSA) is 18.8 Å². The Morgan fingerprint density at radius 2 is 1.88 bits per heavy atom. The maximum atomic E-state index is 4.09. The van der Waals surface area contributed by atoms with E-state index in [0.717, 1.165) is 19.6 Å². The second-order valence-corrected chi connectivity index (χ2v) is 6.07. The Morgan fingerprint density at radius 1 is 1.12 bits per heavy atom. The van der Waals surface area contributed by atoms with Gasteiger partial charge in [0.15, 0.2) is 0 Å². The number of hydrogen-bond acceptors (Lipinski definition) is 2. The van der Waals surface area contributed by atoms with E-state index in [2.05, 4.69) is 82.0 Å². The molecule has 0 atom stereocenters. The zero-order valence-corrected chi connectivity index (χ0v) is 14.1. The third kappa shape index (κ3) is 3.93. The average molecular weight is 317 g/mol. The van der Waals surface area contributed by atoms with E-state index in [9.17, 15) is 0 Å². The van der Waals surface area contributed by atoms with E-state index < -0.39 is 0 Å². The molecule has 2 aromatic rings. The first-order chi connectivity index (χ1) is 11.8. The van der Waals surface area contributed by atoms with E-state index in [1.165, 1.54) is 22.4 Å². The first kappa shape index (κ1) is 16.1. The predicted molar refractivity (Wildman–Crippen MR) is 103 cm³/mol.